The van der Waals surface area contributed by atoms with Crippen molar-refractivity contribution < 1.29 is 28.3 Å². The first-order valence-electron chi connectivity index (χ1n) is 10.4. The number of nitrogens with zero attached hydrogens (tertiary/aromatic N) is 1. The molecule has 0 radical (unpaired) electrons. The molecule has 0 bridgehead atoms. The van der Waals surface area contributed by atoms with Gasteiger partial charge in [0.2, 0.25) is 11.8 Å². The molecule has 176 valence electrons. The van der Waals surface area contributed by atoms with Gasteiger partial charge in [0.05, 0.1) is 12.1 Å². The van der Waals surface area contributed by atoms with Crippen LogP contribution in [-0.2, 0) is 20.9 Å². The predicted molar refractivity (Wildman–Crippen MR) is 117 cm³/mol. The highest BCUT2D eigenvalue weighted by atomic mass is 19.1. The number of para-hydroxylation sites is 1. The van der Waals surface area contributed by atoms with Gasteiger partial charge in [0, 0.05) is 6.54 Å². The Bertz CT molecular complexity index is 1040. The van der Waals surface area contributed by atoms with E-state index in [0.29, 0.717) is 11.1 Å². The van der Waals surface area contributed by atoms with Crippen LogP contribution in [0.2, 0.25) is 0 Å². The second-order valence-electron chi connectivity index (χ2n) is 7.89. The Morgan fingerprint density at radius 1 is 1.06 bits per heavy atom. The van der Waals surface area contributed by atoms with Crippen LogP contribution in [0.15, 0.2) is 42.5 Å². The Morgan fingerprint density at radius 3 is 2.30 bits per heavy atom. The number of aliphatic hydroxyl groups excluding tert-OH is 1. The van der Waals surface area contributed by atoms with Crippen molar-refractivity contribution in [2.75, 3.05) is 12.4 Å². The van der Waals surface area contributed by atoms with Crippen LogP contribution in [-0.4, -0.2) is 53.0 Å². The van der Waals surface area contributed by atoms with E-state index in [9.17, 15) is 28.3 Å². The van der Waals surface area contributed by atoms with Crippen LogP contribution in [0.25, 0.3) is 0 Å². The zero-order valence-electron chi connectivity index (χ0n) is 18.4. The van der Waals surface area contributed by atoms with Crippen molar-refractivity contribution in [1.29, 1.82) is 0 Å². The van der Waals surface area contributed by atoms with Gasteiger partial charge in [0.25, 0.3) is 5.91 Å². The topological polar surface area (TPSA) is 111 Å². The minimum absolute atomic E-state index is 0.0213. The number of benzene rings is 2. The molecule has 1 aliphatic heterocycles. The normalized spacial score (nSPS) is 17.6. The molecule has 2 aromatic rings. The van der Waals surface area contributed by atoms with E-state index in [1.165, 1.54) is 17.9 Å². The summed E-state index contributed by atoms with van der Waals surface area (Å²) >= 11 is 0. The van der Waals surface area contributed by atoms with Crippen molar-refractivity contribution in [2.45, 2.75) is 44.6 Å². The molecule has 0 saturated heterocycles. The summed E-state index contributed by atoms with van der Waals surface area (Å²) in [6.07, 6.45) is -1.26. The lowest BCUT2D eigenvalue weighted by atomic mass is 10.0. The number of anilines is 1. The van der Waals surface area contributed by atoms with Crippen molar-refractivity contribution in [3.05, 3.63) is 65.2 Å². The number of rotatable bonds is 7. The van der Waals surface area contributed by atoms with Gasteiger partial charge in [-0.05, 0) is 44.2 Å². The largest absolute Gasteiger partial charge is 0.391 e. The molecule has 1 unspecified atom stereocenters. The summed E-state index contributed by atoms with van der Waals surface area (Å²) in [5.41, 5.74) is 0.529. The van der Waals surface area contributed by atoms with Crippen molar-refractivity contribution in [2.24, 2.45) is 0 Å². The molecule has 3 rings (SSSR count). The number of carbonyl (C=O) groups excluding carboxylic acids is 3. The third kappa shape index (κ3) is 5.01. The lowest BCUT2D eigenvalue weighted by Gasteiger charge is -2.30. The maximum Gasteiger partial charge on any atom is 0.252 e. The summed E-state index contributed by atoms with van der Waals surface area (Å²) < 4.78 is 28.2. The average molecular weight is 460 g/mol. The molecule has 0 aliphatic carbocycles. The molecule has 10 heteroatoms. The fourth-order valence-electron chi connectivity index (χ4n) is 3.66. The van der Waals surface area contributed by atoms with Gasteiger partial charge >= 0.3 is 0 Å². The maximum atomic E-state index is 14.1. The summed E-state index contributed by atoms with van der Waals surface area (Å²) in [7, 11) is 1.57. The highest BCUT2D eigenvalue weighted by Gasteiger charge is 2.42. The lowest BCUT2D eigenvalue weighted by molar-refractivity contribution is -0.144. The van der Waals surface area contributed by atoms with E-state index in [2.05, 4.69) is 16.0 Å². The molecular weight excluding hydrogens is 434 g/mol. The Morgan fingerprint density at radius 2 is 1.70 bits per heavy atom. The number of likely N-dealkylation sites (N-methyl/N-ethyl adjacent to an activating group) is 1. The zero-order chi connectivity index (χ0) is 24.3. The molecule has 0 spiro atoms. The summed E-state index contributed by atoms with van der Waals surface area (Å²) in [5.74, 6) is -3.95. The van der Waals surface area contributed by atoms with E-state index in [0.717, 1.165) is 12.1 Å². The van der Waals surface area contributed by atoms with Gasteiger partial charge < -0.3 is 26.0 Å². The molecule has 4 atom stereocenters. The van der Waals surface area contributed by atoms with E-state index in [-0.39, 0.29) is 6.54 Å². The van der Waals surface area contributed by atoms with Crippen molar-refractivity contribution in [3.63, 3.8) is 0 Å². The van der Waals surface area contributed by atoms with Crippen LogP contribution in [0, 0.1) is 11.6 Å². The Hall–Kier alpha value is -3.37. The number of fused-ring (bicyclic) bond motifs is 1. The van der Waals surface area contributed by atoms with Crippen molar-refractivity contribution in [1.82, 2.24) is 15.5 Å². The number of halogens is 2. The van der Waals surface area contributed by atoms with Crippen LogP contribution in [0.4, 0.5) is 14.5 Å². The predicted octanol–water partition coefficient (Wildman–Crippen LogP) is 1.46. The second-order valence-corrected chi connectivity index (χ2v) is 7.89. The first-order chi connectivity index (χ1) is 15.6. The number of aliphatic hydroxyl groups is 1. The molecule has 4 N–H and O–H groups in total. The van der Waals surface area contributed by atoms with Crippen LogP contribution >= 0.6 is 0 Å². The molecule has 3 amide bonds. The zero-order valence-corrected chi connectivity index (χ0v) is 18.4. The SMILES string of the molecule is CNC(C)C(=O)N[C@H](C(=O)N1Cc2ccccc2[C@H]1C(=O)Nc1c(F)cccc1F)[C@@H](C)O. The lowest BCUT2D eigenvalue weighted by Crippen LogP contribution is -2.56. The smallest absolute Gasteiger partial charge is 0.252 e. The molecular formula is C23H26F2N4O4. The number of carbonyl (C=O) groups is 3. The Balaban J connectivity index is 1.93. The maximum absolute atomic E-state index is 14.1. The number of amides is 3. The van der Waals surface area contributed by atoms with E-state index in [1.54, 1.807) is 38.2 Å². The quantitative estimate of drug-likeness (QED) is 0.500. The van der Waals surface area contributed by atoms with Crippen LogP contribution in [0.3, 0.4) is 0 Å². The molecule has 2 aromatic carbocycles. The Labute approximate surface area is 190 Å². The second kappa shape index (κ2) is 10.1. The van der Waals surface area contributed by atoms with Crippen molar-refractivity contribution in [3.8, 4) is 0 Å². The monoisotopic (exact) mass is 460 g/mol. The standard InChI is InChI=1S/C23H26F2N4O4/c1-12(26-3)21(31)27-18(13(2)30)23(33)29-11-14-7-4-5-8-15(14)20(29)22(32)28-19-16(24)9-6-10-17(19)25/h4-10,12-13,18,20,26,30H,11H2,1-3H3,(H,27,31)(H,28,32)/t12?,13-,18+,20+/m1/s1. The van der Waals surface area contributed by atoms with E-state index < -0.39 is 59.3 Å². The van der Waals surface area contributed by atoms with E-state index in [4.69, 9.17) is 0 Å². The summed E-state index contributed by atoms with van der Waals surface area (Å²) in [5, 5.41) is 17.7. The minimum atomic E-state index is -1.33. The number of nitrogens with one attached hydrogen (secondary N) is 3. The molecule has 1 aliphatic rings. The van der Waals surface area contributed by atoms with Gasteiger partial charge in [-0.25, -0.2) is 8.78 Å². The number of hydrogen-bond acceptors (Lipinski definition) is 5. The summed E-state index contributed by atoms with van der Waals surface area (Å²) in [6.45, 7) is 2.96. The van der Waals surface area contributed by atoms with Crippen LogP contribution < -0.4 is 16.0 Å². The first-order valence-corrected chi connectivity index (χ1v) is 10.4. The number of hydrogen-bond donors (Lipinski definition) is 4. The van der Waals surface area contributed by atoms with E-state index >= 15 is 0 Å². The molecule has 1 heterocycles. The van der Waals surface area contributed by atoms with Gasteiger partial charge in [0.15, 0.2) is 0 Å². The fourth-order valence-corrected chi connectivity index (χ4v) is 3.66. The van der Waals surface area contributed by atoms with Gasteiger partial charge in [-0.3, -0.25) is 14.4 Å². The summed E-state index contributed by atoms with van der Waals surface area (Å²) in [4.78, 5) is 40.1. The third-order valence-corrected chi connectivity index (χ3v) is 5.62. The molecule has 33 heavy (non-hydrogen) atoms. The minimum Gasteiger partial charge on any atom is -0.391 e. The summed E-state index contributed by atoms with van der Waals surface area (Å²) in [6, 6.07) is 6.80. The highest BCUT2D eigenvalue weighted by Crippen LogP contribution is 2.35. The Kier molecular flexibility index (Phi) is 7.39. The first kappa shape index (κ1) is 24.3. The van der Waals surface area contributed by atoms with Crippen LogP contribution in [0.1, 0.15) is 31.0 Å². The molecule has 0 saturated carbocycles. The molecule has 0 fully saturated rings. The van der Waals surface area contributed by atoms with E-state index in [1.807, 2.05) is 0 Å². The van der Waals surface area contributed by atoms with Gasteiger partial charge in [-0.2, -0.15) is 0 Å². The highest BCUT2D eigenvalue weighted by molar-refractivity contribution is 6.00. The fraction of sp³-hybridized carbons (Fsp3) is 0.348. The molecule has 0 aromatic heterocycles. The van der Waals surface area contributed by atoms with Gasteiger partial charge in [0.1, 0.15) is 29.4 Å². The third-order valence-electron chi connectivity index (χ3n) is 5.62. The van der Waals surface area contributed by atoms with Crippen molar-refractivity contribution >= 4 is 23.4 Å². The van der Waals surface area contributed by atoms with Gasteiger partial charge in [-0.1, -0.05) is 30.3 Å². The van der Waals surface area contributed by atoms with Crippen LogP contribution in [0.5, 0.6) is 0 Å². The van der Waals surface area contributed by atoms with Gasteiger partial charge in [-0.15, -0.1) is 0 Å². The molecule has 8 nitrogen and oxygen atoms in total. The average Bonchev–Trinajstić information content (AvgIpc) is 3.18.